The van der Waals surface area contributed by atoms with Gasteiger partial charge in [0.1, 0.15) is 0 Å². The number of carbonyl (C=O) groups excluding carboxylic acids is 1. The number of pyridine rings is 1. The number of rotatable bonds is 4. The molecule has 1 amide bonds. The molecule has 3 heterocycles. The maximum absolute atomic E-state index is 13.2. The summed E-state index contributed by atoms with van der Waals surface area (Å²) in [6.45, 7) is 1.69. The zero-order chi connectivity index (χ0) is 18.0. The predicted octanol–water partition coefficient (Wildman–Crippen LogP) is 1.61. The van der Waals surface area contributed by atoms with Crippen LogP contribution < -0.4 is 0 Å². The molecule has 3 rings (SSSR count). The van der Waals surface area contributed by atoms with Crippen LogP contribution in [-0.4, -0.2) is 70.4 Å². The molecule has 2 aromatic heterocycles. The van der Waals surface area contributed by atoms with E-state index in [1.165, 1.54) is 6.20 Å². The number of carbonyl (C=O) groups is 1. The molecule has 0 unspecified atom stereocenters. The van der Waals surface area contributed by atoms with Crippen molar-refractivity contribution in [2.75, 3.05) is 33.8 Å². The molecule has 0 spiro atoms. The molecule has 0 saturated carbocycles. The fraction of sp³-hybridized carbons (Fsp3) is 0.471. The van der Waals surface area contributed by atoms with Gasteiger partial charge in [0, 0.05) is 44.3 Å². The van der Waals surface area contributed by atoms with E-state index < -0.39 is 0 Å². The van der Waals surface area contributed by atoms with Crippen molar-refractivity contribution in [2.24, 2.45) is 7.05 Å². The summed E-state index contributed by atoms with van der Waals surface area (Å²) in [6.07, 6.45) is 6.64. The highest BCUT2D eigenvalue weighted by atomic mass is 35.5. The van der Waals surface area contributed by atoms with E-state index in [9.17, 15) is 4.79 Å². The Bertz CT molecular complexity index is 748. The van der Waals surface area contributed by atoms with Gasteiger partial charge in [0.2, 0.25) is 0 Å². The van der Waals surface area contributed by atoms with Gasteiger partial charge in [-0.1, -0.05) is 11.6 Å². The number of amides is 1. The summed E-state index contributed by atoms with van der Waals surface area (Å²) in [4.78, 5) is 21.0. The van der Waals surface area contributed by atoms with Crippen molar-refractivity contribution in [1.29, 1.82) is 0 Å². The van der Waals surface area contributed by atoms with Crippen molar-refractivity contribution in [3.05, 3.63) is 47.0 Å². The summed E-state index contributed by atoms with van der Waals surface area (Å²) in [6, 6.07) is 1.43. The Morgan fingerprint density at radius 3 is 2.88 bits per heavy atom. The molecule has 0 radical (unpaired) electrons. The standard InChI is InChI=1S/C17H22ClN5O2/c1-21(2)11-15-16(12-8-20-22(3)10-12)23(6-7-25-15)17(24)13-4-5-19-9-14(13)18/h4-5,8-10,15-16H,6-7,11H2,1-3H3/t15-,16-/m0/s1. The maximum atomic E-state index is 13.2. The van der Waals surface area contributed by atoms with Crippen molar-refractivity contribution >= 4 is 17.5 Å². The summed E-state index contributed by atoms with van der Waals surface area (Å²) < 4.78 is 7.73. The summed E-state index contributed by atoms with van der Waals surface area (Å²) in [7, 11) is 5.84. The summed E-state index contributed by atoms with van der Waals surface area (Å²) in [5.41, 5.74) is 1.41. The van der Waals surface area contributed by atoms with Gasteiger partial charge in [0.15, 0.2) is 0 Å². The first-order valence-electron chi connectivity index (χ1n) is 8.12. The lowest BCUT2D eigenvalue weighted by molar-refractivity contribution is -0.0684. The van der Waals surface area contributed by atoms with Gasteiger partial charge < -0.3 is 14.5 Å². The third-order valence-electron chi connectivity index (χ3n) is 4.23. The zero-order valence-corrected chi connectivity index (χ0v) is 15.3. The summed E-state index contributed by atoms with van der Waals surface area (Å²) >= 11 is 6.19. The number of morpholine rings is 1. The lowest BCUT2D eigenvalue weighted by atomic mass is 9.99. The number of ether oxygens (including phenoxy) is 1. The molecule has 25 heavy (non-hydrogen) atoms. The molecule has 1 aliphatic rings. The fourth-order valence-electron chi connectivity index (χ4n) is 3.16. The van der Waals surface area contributed by atoms with Crippen molar-refractivity contribution < 1.29 is 9.53 Å². The van der Waals surface area contributed by atoms with Crippen LogP contribution in [0.4, 0.5) is 0 Å². The molecular formula is C17H22ClN5O2. The second kappa shape index (κ2) is 7.51. The molecule has 0 aromatic carbocycles. The van der Waals surface area contributed by atoms with Crippen molar-refractivity contribution in [3.63, 3.8) is 0 Å². The predicted molar refractivity (Wildman–Crippen MR) is 94.5 cm³/mol. The van der Waals surface area contributed by atoms with Crippen LogP contribution >= 0.6 is 11.6 Å². The van der Waals surface area contributed by atoms with E-state index >= 15 is 0 Å². The molecule has 8 heteroatoms. The largest absolute Gasteiger partial charge is 0.373 e. The molecule has 1 fully saturated rings. The fourth-order valence-corrected chi connectivity index (χ4v) is 3.36. The average molecular weight is 364 g/mol. The van der Waals surface area contributed by atoms with Crippen LogP contribution in [0.3, 0.4) is 0 Å². The van der Waals surface area contributed by atoms with Crippen LogP contribution in [0, 0.1) is 0 Å². The molecule has 7 nitrogen and oxygen atoms in total. The number of nitrogens with zero attached hydrogens (tertiary/aromatic N) is 5. The number of hydrogen-bond acceptors (Lipinski definition) is 5. The first kappa shape index (κ1) is 17.8. The third kappa shape index (κ3) is 3.84. The highest BCUT2D eigenvalue weighted by Crippen LogP contribution is 2.32. The molecule has 0 aliphatic carbocycles. The first-order valence-corrected chi connectivity index (χ1v) is 8.50. The summed E-state index contributed by atoms with van der Waals surface area (Å²) in [5.74, 6) is -0.117. The Hall–Kier alpha value is -1.96. The first-order chi connectivity index (χ1) is 12.0. The SMILES string of the molecule is CN(C)C[C@@H]1OCCN(C(=O)c2ccncc2Cl)[C@H]1c1cnn(C)c1. The minimum Gasteiger partial charge on any atom is -0.373 e. The number of aryl methyl sites for hydroxylation is 1. The van der Waals surface area contributed by atoms with Crippen LogP contribution in [0.2, 0.25) is 5.02 Å². The van der Waals surface area contributed by atoms with Gasteiger partial charge in [-0.05, 0) is 20.2 Å². The van der Waals surface area contributed by atoms with Crippen LogP contribution in [-0.2, 0) is 11.8 Å². The molecule has 2 aromatic rings. The van der Waals surface area contributed by atoms with E-state index in [4.69, 9.17) is 16.3 Å². The van der Waals surface area contributed by atoms with Gasteiger partial charge in [-0.3, -0.25) is 14.5 Å². The normalized spacial score (nSPS) is 20.9. The Morgan fingerprint density at radius 1 is 1.44 bits per heavy atom. The van der Waals surface area contributed by atoms with E-state index in [0.717, 1.165) is 5.56 Å². The maximum Gasteiger partial charge on any atom is 0.256 e. The Labute approximate surface area is 152 Å². The van der Waals surface area contributed by atoms with Gasteiger partial charge in [-0.2, -0.15) is 5.10 Å². The third-order valence-corrected chi connectivity index (χ3v) is 4.53. The van der Waals surface area contributed by atoms with Gasteiger partial charge in [0.25, 0.3) is 5.91 Å². The van der Waals surface area contributed by atoms with E-state index in [0.29, 0.717) is 30.3 Å². The van der Waals surface area contributed by atoms with Crippen LogP contribution in [0.1, 0.15) is 22.0 Å². The molecule has 0 N–H and O–H groups in total. The van der Waals surface area contributed by atoms with Crippen LogP contribution in [0.15, 0.2) is 30.9 Å². The summed E-state index contributed by atoms with van der Waals surface area (Å²) in [5, 5.41) is 4.62. The number of hydrogen-bond donors (Lipinski definition) is 0. The number of likely N-dealkylation sites (N-methyl/N-ethyl adjacent to an activating group) is 1. The van der Waals surface area contributed by atoms with Gasteiger partial charge in [-0.15, -0.1) is 0 Å². The van der Waals surface area contributed by atoms with Crippen molar-refractivity contribution in [2.45, 2.75) is 12.1 Å². The van der Waals surface area contributed by atoms with Crippen molar-refractivity contribution in [3.8, 4) is 0 Å². The highest BCUT2D eigenvalue weighted by Gasteiger charge is 2.38. The van der Waals surface area contributed by atoms with Gasteiger partial charge in [-0.25, -0.2) is 0 Å². The molecule has 134 valence electrons. The van der Waals surface area contributed by atoms with Crippen molar-refractivity contribution in [1.82, 2.24) is 24.6 Å². The number of halogens is 1. The Kier molecular flexibility index (Phi) is 5.36. The van der Waals surface area contributed by atoms with E-state index in [2.05, 4.69) is 15.0 Å². The molecule has 2 atom stereocenters. The van der Waals surface area contributed by atoms with E-state index in [1.807, 2.05) is 32.2 Å². The number of aromatic nitrogens is 3. The average Bonchev–Trinajstić information content (AvgIpc) is 3.00. The van der Waals surface area contributed by atoms with Crippen LogP contribution in [0.25, 0.3) is 0 Å². The smallest absolute Gasteiger partial charge is 0.256 e. The monoisotopic (exact) mass is 363 g/mol. The van der Waals surface area contributed by atoms with Gasteiger partial charge in [0.05, 0.1) is 35.5 Å². The topological polar surface area (TPSA) is 63.5 Å². The highest BCUT2D eigenvalue weighted by molar-refractivity contribution is 6.33. The lowest BCUT2D eigenvalue weighted by Gasteiger charge is -2.42. The van der Waals surface area contributed by atoms with E-state index in [-0.39, 0.29) is 18.1 Å². The second-order valence-electron chi connectivity index (χ2n) is 6.42. The zero-order valence-electron chi connectivity index (χ0n) is 14.6. The minimum absolute atomic E-state index is 0.117. The van der Waals surface area contributed by atoms with E-state index in [1.54, 1.807) is 23.1 Å². The van der Waals surface area contributed by atoms with Crippen LogP contribution in [0.5, 0.6) is 0 Å². The molecular weight excluding hydrogens is 342 g/mol. The lowest BCUT2D eigenvalue weighted by Crippen LogP contribution is -2.51. The Balaban J connectivity index is 1.97. The molecule has 1 aliphatic heterocycles. The van der Waals surface area contributed by atoms with Gasteiger partial charge >= 0.3 is 0 Å². The molecule has 1 saturated heterocycles. The second-order valence-corrected chi connectivity index (χ2v) is 6.82. The minimum atomic E-state index is -0.221. The Morgan fingerprint density at radius 2 is 2.24 bits per heavy atom. The quantitative estimate of drug-likeness (QED) is 0.825. The molecule has 0 bridgehead atoms.